The normalized spacial score (nSPS) is 23.2. The third-order valence-corrected chi connectivity index (χ3v) is 6.40. The number of nitrogens with zero attached hydrogens (tertiary/aromatic N) is 4. The van der Waals surface area contributed by atoms with E-state index in [1.54, 1.807) is 19.1 Å². The number of esters is 1. The second kappa shape index (κ2) is 10.7. The van der Waals surface area contributed by atoms with E-state index in [4.69, 9.17) is 31.5 Å². The molecular weight excluding hydrogens is 509 g/mol. The number of rotatable bonds is 9. The van der Waals surface area contributed by atoms with E-state index >= 15 is 4.39 Å². The summed E-state index contributed by atoms with van der Waals surface area (Å²) < 4.78 is 33.3. The van der Waals surface area contributed by atoms with Crippen molar-refractivity contribution in [3.05, 3.63) is 47.0 Å². The number of hydrogen-bond donors (Lipinski definition) is 2. The van der Waals surface area contributed by atoms with Gasteiger partial charge in [-0.15, -0.1) is 0 Å². The molecule has 1 fully saturated rings. The molecular formula is C24H27ClFN5O6. The van der Waals surface area contributed by atoms with E-state index in [0.29, 0.717) is 5.56 Å². The predicted molar refractivity (Wildman–Crippen MR) is 130 cm³/mol. The fourth-order valence-electron chi connectivity index (χ4n) is 4.18. The van der Waals surface area contributed by atoms with Gasteiger partial charge in [0.15, 0.2) is 29.6 Å². The highest BCUT2D eigenvalue weighted by molar-refractivity contribution is 6.28. The molecule has 1 aromatic carbocycles. The number of halogens is 2. The summed E-state index contributed by atoms with van der Waals surface area (Å²) in [5.74, 6) is -1.49. The number of carbonyl (C=O) groups is 2. The maximum absolute atomic E-state index is 15.2. The SMILES string of the molecule is CCOC(=O)C(Cc1ccc(C)cc1)(OC[C@H]1O[C@@H](n2cnc3c(N)nc(Cl)nc32)[C@@H](F)[C@@H]1O)C(C)=O. The van der Waals surface area contributed by atoms with Crippen LogP contribution in [0.5, 0.6) is 0 Å². The molecule has 3 heterocycles. The lowest BCUT2D eigenvalue weighted by molar-refractivity contribution is -0.183. The second-order valence-corrected chi connectivity index (χ2v) is 9.12. The van der Waals surface area contributed by atoms with Crippen LogP contribution in [0.15, 0.2) is 30.6 Å². The first-order chi connectivity index (χ1) is 17.6. The Morgan fingerprint density at radius 1 is 1.30 bits per heavy atom. The summed E-state index contributed by atoms with van der Waals surface area (Å²) in [6, 6.07) is 7.22. The Kier molecular flexibility index (Phi) is 7.74. The predicted octanol–water partition coefficient (Wildman–Crippen LogP) is 2.12. The van der Waals surface area contributed by atoms with Crippen molar-refractivity contribution < 1.29 is 33.3 Å². The average Bonchev–Trinajstić information content (AvgIpc) is 3.39. The van der Waals surface area contributed by atoms with Gasteiger partial charge in [0.2, 0.25) is 10.9 Å². The number of aryl methyl sites for hydroxylation is 1. The van der Waals surface area contributed by atoms with E-state index in [2.05, 4.69) is 15.0 Å². The summed E-state index contributed by atoms with van der Waals surface area (Å²) in [6.45, 7) is 4.26. The van der Waals surface area contributed by atoms with Crippen molar-refractivity contribution in [1.29, 1.82) is 0 Å². The number of Topliss-reactive ketones (excluding diaryl/α,β-unsaturated/α-hetero) is 1. The molecule has 3 aromatic rings. The van der Waals surface area contributed by atoms with Gasteiger partial charge < -0.3 is 25.1 Å². The van der Waals surface area contributed by atoms with Crippen LogP contribution in [0.1, 0.15) is 31.2 Å². The van der Waals surface area contributed by atoms with E-state index < -0.39 is 48.6 Å². The van der Waals surface area contributed by atoms with Crippen LogP contribution in [0.25, 0.3) is 11.2 Å². The molecule has 1 saturated heterocycles. The third kappa shape index (κ3) is 5.14. The number of imidazole rings is 1. The van der Waals surface area contributed by atoms with Crippen molar-refractivity contribution in [2.45, 2.75) is 57.4 Å². The van der Waals surface area contributed by atoms with Gasteiger partial charge in [-0.25, -0.2) is 14.2 Å². The molecule has 198 valence electrons. The summed E-state index contributed by atoms with van der Waals surface area (Å²) in [4.78, 5) is 37.7. The number of hydrogen-bond acceptors (Lipinski definition) is 10. The molecule has 11 nitrogen and oxygen atoms in total. The van der Waals surface area contributed by atoms with E-state index in [9.17, 15) is 14.7 Å². The summed E-state index contributed by atoms with van der Waals surface area (Å²) in [5, 5.41) is 10.4. The van der Waals surface area contributed by atoms with Crippen molar-refractivity contribution in [1.82, 2.24) is 19.5 Å². The zero-order chi connectivity index (χ0) is 26.9. The first-order valence-electron chi connectivity index (χ1n) is 11.6. The molecule has 1 aliphatic heterocycles. The third-order valence-electron chi connectivity index (χ3n) is 6.23. The van der Waals surface area contributed by atoms with Crippen molar-refractivity contribution in [2.24, 2.45) is 0 Å². The number of aliphatic hydroxyl groups is 1. The van der Waals surface area contributed by atoms with Crippen LogP contribution in [-0.4, -0.2) is 73.6 Å². The lowest BCUT2D eigenvalue weighted by Crippen LogP contribution is -2.52. The molecule has 37 heavy (non-hydrogen) atoms. The number of nitrogens with two attached hydrogens (primary N) is 1. The van der Waals surface area contributed by atoms with Crippen LogP contribution in [0.4, 0.5) is 10.2 Å². The first-order valence-corrected chi connectivity index (χ1v) is 12.0. The largest absolute Gasteiger partial charge is 0.463 e. The number of alkyl halides is 1. The Bertz CT molecular complexity index is 1300. The fourth-order valence-corrected chi connectivity index (χ4v) is 4.35. The summed E-state index contributed by atoms with van der Waals surface area (Å²) >= 11 is 5.89. The Balaban J connectivity index is 1.59. The first kappa shape index (κ1) is 26.9. The lowest BCUT2D eigenvalue weighted by atomic mass is 9.90. The van der Waals surface area contributed by atoms with E-state index in [1.165, 1.54) is 17.8 Å². The van der Waals surface area contributed by atoms with Gasteiger partial charge >= 0.3 is 5.97 Å². The Morgan fingerprint density at radius 2 is 2.00 bits per heavy atom. The van der Waals surface area contributed by atoms with Crippen LogP contribution < -0.4 is 5.73 Å². The minimum Gasteiger partial charge on any atom is -0.463 e. The molecule has 0 amide bonds. The molecule has 13 heteroatoms. The average molecular weight is 536 g/mol. The van der Waals surface area contributed by atoms with Crippen molar-refractivity contribution in [3.63, 3.8) is 0 Å². The molecule has 3 N–H and O–H groups in total. The topological polar surface area (TPSA) is 152 Å². The fraction of sp³-hybridized carbons (Fsp3) is 0.458. The highest BCUT2D eigenvalue weighted by Gasteiger charge is 2.50. The van der Waals surface area contributed by atoms with E-state index in [1.807, 2.05) is 19.1 Å². The number of aliphatic hydroxyl groups excluding tert-OH is 1. The summed E-state index contributed by atoms with van der Waals surface area (Å²) in [7, 11) is 0. The monoisotopic (exact) mass is 535 g/mol. The lowest BCUT2D eigenvalue weighted by Gasteiger charge is -2.30. The molecule has 0 radical (unpaired) electrons. The molecule has 0 spiro atoms. The summed E-state index contributed by atoms with van der Waals surface area (Å²) in [5.41, 5.74) is 5.75. The van der Waals surface area contributed by atoms with E-state index in [0.717, 1.165) is 5.56 Å². The molecule has 1 unspecified atom stereocenters. The Hall–Kier alpha value is -3.19. The number of ether oxygens (including phenoxy) is 3. The number of fused-ring (bicyclic) bond motifs is 1. The van der Waals surface area contributed by atoms with Gasteiger partial charge in [0, 0.05) is 6.42 Å². The van der Waals surface area contributed by atoms with Gasteiger partial charge in [-0.05, 0) is 37.9 Å². The standard InChI is InChI=1S/C24H27ClFN5O6/c1-4-35-22(34)24(13(3)32,9-14-7-5-12(2)6-8-14)36-10-15-18(33)16(26)21(37-15)31-11-28-17-19(27)29-23(25)30-20(17)31/h5-8,11,15-16,18,21,33H,4,9-10H2,1-3H3,(H2,27,29,30)/t15-,16+,18-,21-,24?/m1/s1. The molecule has 2 aromatic heterocycles. The van der Waals surface area contributed by atoms with E-state index in [-0.39, 0.29) is 35.3 Å². The van der Waals surface area contributed by atoms with Crippen molar-refractivity contribution >= 4 is 40.3 Å². The van der Waals surface area contributed by atoms with Crippen molar-refractivity contribution in [3.8, 4) is 0 Å². The van der Waals surface area contributed by atoms with Crippen molar-refractivity contribution in [2.75, 3.05) is 18.9 Å². The number of anilines is 1. The van der Waals surface area contributed by atoms with Gasteiger partial charge in [0.05, 0.1) is 19.5 Å². The zero-order valence-electron chi connectivity index (χ0n) is 20.4. The van der Waals surface area contributed by atoms with Crippen LogP contribution >= 0.6 is 11.6 Å². The number of carbonyl (C=O) groups excluding carboxylic acids is 2. The number of aromatic nitrogens is 4. The van der Waals surface area contributed by atoms with Crippen LogP contribution in [-0.2, 0) is 30.2 Å². The smallest absolute Gasteiger partial charge is 0.346 e. The second-order valence-electron chi connectivity index (χ2n) is 8.78. The summed E-state index contributed by atoms with van der Waals surface area (Å²) in [6.07, 6.45) is -5.04. The van der Waals surface area contributed by atoms with Crippen LogP contribution in [0.3, 0.4) is 0 Å². The van der Waals surface area contributed by atoms with Crippen LogP contribution in [0.2, 0.25) is 5.28 Å². The zero-order valence-corrected chi connectivity index (χ0v) is 21.2. The molecule has 0 saturated carbocycles. The highest BCUT2D eigenvalue weighted by atomic mass is 35.5. The van der Waals surface area contributed by atoms with Gasteiger partial charge in [-0.3, -0.25) is 9.36 Å². The number of nitrogen functional groups attached to an aromatic ring is 1. The number of benzene rings is 1. The number of ketones is 1. The minimum absolute atomic E-state index is 0.000582. The molecule has 5 atom stereocenters. The maximum atomic E-state index is 15.2. The van der Waals surface area contributed by atoms with Crippen LogP contribution in [0, 0.1) is 6.92 Å². The maximum Gasteiger partial charge on any atom is 0.346 e. The Morgan fingerprint density at radius 3 is 2.65 bits per heavy atom. The minimum atomic E-state index is -2.02. The van der Waals surface area contributed by atoms with Gasteiger partial charge in [0.1, 0.15) is 17.7 Å². The molecule has 0 bridgehead atoms. The quantitative estimate of drug-likeness (QED) is 0.237. The Labute approximate surface area is 216 Å². The molecule has 4 rings (SSSR count). The molecule has 1 aliphatic rings. The van der Waals surface area contributed by atoms with Gasteiger partial charge in [0.25, 0.3) is 0 Å². The van der Waals surface area contributed by atoms with Gasteiger partial charge in [-0.2, -0.15) is 9.97 Å². The van der Waals surface area contributed by atoms with Gasteiger partial charge in [-0.1, -0.05) is 29.8 Å². The highest BCUT2D eigenvalue weighted by Crippen LogP contribution is 2.35. The molecule has 0 aliphatic carbocycles.